The minimum Gasteiger partial charge on any atom is -0.444 e. The van der Waals surface area contributed by atoms with E-state index in [4.69, 9.17) is 4.74 Å². The van der Waals surface area contributed by atoms with E-state index in [1.165, 1.54) is 12.3 Å². The van der Waals surface area contributed by atoms with Gasteiger partial charge in [0.05, 0.1) is 17.2 Å². The number of carbonyl (C=O) groups excluding carboxylic acids is 1. The molecule has 0 saturated heterocycles. The predicted molar refractivity (Wildman–Crippen MR) is 70.7 cm³/mol. The average Bonchev–Trinajstić information content (AvgIpc) is 2.47. The summed E-state index contributed by atoms with van der Waals surface area (Å²) in [5.41, 5.74) is 0.934. The van der Waals surface area contributed by atoms with Gasteiger partial charge in [0.2, 0.25) is 0 Å². The average molecular weight is 255 g/mol. The quantitative estimate of drug-likeness (QED) is 0.789. The normalized spacial score (nSPS) is 11.1. The van der Waals surface area contributed by atoms with Crippen LogP contribution in [0.5, 0.6) is 0 Å². The fraction of sp³-hybridized carbons (Fsp3) is 0.0714. The molecule has 0 aliphatic carbocycles. The summed E-state index contributed by atoms with van der Waals surface area (Å²) < 4.78 is 6.44. The van der Waals surface area contributed by atoms with Gasteiger partial charge in [0.15, 0.2) is 0 Å². The van der Waals surface area contributed by atoms with Crippen molar-refractivity contribution in [3.8, 4) is 5.69 Å². The molecule has 2 rings (SSSR count). The molecule has 0 spiro atoms. The molecular weight excluding hydrogens is 242 g/mol. The highest BCUT2D eigenvalue weighted by Crippen LogP contribution is 2.02. The number of hydrogen-bond acceptors (Lipinski definition) is 3. The van der Waals surface area contributed by atoms with Gasteiger partial charge in [-0.1, -0.05) is 30.9 Å². The molecule has 2 aromatic rings. The molecule has 0 radical (unpaired) electrons. The minimum atomic E-state index is -0.654. The largest absolute Gasteiger partial charge is 0.444 e. The van der Waals surface area contributed by atoms with Gasteiger partial charge in [0, 0.05) is 6.20 Å². The number of nitrogens with zero attached hydrogens (tertiary/aromatic N) is 3. The fourth-order valence-corrected chi connectivity index (χ4v) is 1.42. The van der Waals surface area contributed by atoms with Crippen LogP contribution in [0, 0.1) is 0 Å². The summed E-state index contributed by atoms with van der Waals surface area (Å²) in [5.74, 6) is 0. The van der Waals surface area contributed by atoms with Gasteiger partial charge in [0.25, 0.3) is 0 Å². The first-order chi connectivity index (χ1) is 9.29. The highest BCUT2D eigenvalue weighted by atomic mass is 16.5. The van der Waals surface area contributed by atoms with Crippen LogP contribution in [0.1, 0.15) is 0 Å². The Morgan fingerprint density at radius 3 is 2.79 bits per heavy atom. The Hall–Kier alpha value is -2.69. The van der Waals surface area contributed by atoms with Gasteiger partial charge < -0.3 is 4.74 Å². The van der Waals surface area contributed by atoms with Gasteiger partial charge >= 0.3 is 6.09 Å². The van der Waals surface area contributed by atoms with Gasteiger partial charge in [-0.15, -0.1) is 0 Å². The predicted octanol–water partition coefficient (Wildman–Crippen LogP) is 2.10. The van der Waals surface area contributed by atoms with Crippen LogP contribution < -0.4 is 5.36 Å². The standard InChI is InChI=1S/C14H13N3O2/c1-2-10-19-14(18)16-12-8-9-17(15-11-12)13-6-4-3-5-7-13/h2-9,11H,1,10H2. The molecule has 96 valence electrons. The highest BCUT2D eigenvalue weighted by Gasteiger charge is 1.97. The number of rotatable bonds is 3. The number of benzene rings is 1. The Labute approximate surface area is 110 Å². The lowest BCUT2D eigenvalue weighted by molar-refractivity contribution is 0.169. The van der Waals surface area contributed by atoms with E-state index >= 15 is 0 Å². The zero-order valence-electron chi connectivity index (χ0n) is 10.3. The Balaban J connectivity index is 2.17. The number of carbonyl (C=O) groups is 1. The van der Waals surface area contributed by atoms with Gasteiger partial charge in [-0.05, 0) is 18.2 Å². The van der Waals surface area contributed by atoms with E-state index in [1.54, 1.807) is 16.9 Å². The summed E-state index contributed by atoms with van der Waals surface area (Å²) >= 11 is 0. The third-order valence-corrected chi connectivity index (χ3v) is 2.27. The summed E-state index contributed by atoms with van der Waals surface area (Å²) in [7, 11) is 0. The van der Waals surface area contributed by atoms with Gasteiger partial charge in [-0.25, -0.2) is 9.48 Å². The first-order valence-electron chi connectivity index (χ1n) is 5.72. The van der Waals surface area contributed by atoms with Crippen molar-refractivity contribution in [3.63, 3.8) is 0 Å². The second-order valence-electron chi connectivity index (χ2n) is 3.64. The molecule has 1 heterocycles. The molecule has 0 unspecified atom stereocenters. The monoisotopic (exact) mass is 255 g/mol. The summed E-state index contributed by atoms with van der Waals surface area (Å²) in [5, 5.41) is 4.62. The van der Waals surface area contributed by atoms with Gasteiger partial charge in [-0.3, -0.25) is 0 Å². The van der Waals surface area contributed by atoms with Crippen molar-refractivity contribution in [2.45, 2.75) is 0 Å². The number of para-hydroxylation sites is 1. The van der Waals surface area contributed by atoms with E-state index in [1.807, 2.05) is 30.3 Å². The number of hydrogen-bond donors (Lipinski definition) is 0. The van der Waals surface area contributed by atoms with Crippen molar-refractivity contribution in [1.82, 2.24) is 9.78 Å². The second kappa shape index (κ2) is 6.30. The molecular formula is C14H13N3O2. The third-order valence-electron chi connectivity index (χ3n) is 2.27. The minimum absolute atomic E-state index is 0.145. The summed E-state index contributed by atoms with van der Waals surface area (Å²) in [6, 6.07) is 11.3. The maximum absolute atomic E-state index is 11.3. The zero-order chi connectivity index (χ0) is 13.5. The smallest absolute Gasteiger partial charge is 0.434 e. The SMILES string of the molecule is C=CCOC(=O)N=c1ccn(-c2ccccc2)nc1. The fourth-order valence-electron chi connectivity index (χ4n) is 1.42. The molecule has 1 amide bonds. The molecule has 0 aliphatic heterocycles. The van der Waals surface area contributed by atoms with Crippen molar-refractivity contribution >= 4 is 6.09 Å². The first-order valence-corrected chi connectivity index (χ1v) is 5.72. The molecule has 0 aliphatic rings. The Kier molecular flexibility index (Phi) is 4.23. The number of amides is 1. The van der Waals surface area contributed by atoms with E-state index in [0.717, 1.165) is 5.69 Å². The summed E-state index contributed by atoms with van der Waals surface area (Å²) in [6.45, 7) is 3.60. The first kappa shape index (κ1) is 12.8. The maximum Gasteiger partial charge on any atom is 0.434 e. The van der Waals surface area contributed by atoms with Crippen LogP contribution in [0.2, 0.25) is 0 Å². The molecule has 0 N–H and O–H groups in total. The van der Waals surface area contributed by atoms with Crippen LogP contribution >= 0.6 is 0 Å². The molecule has 5 heteroatoms. The van der Waals surface area contributed by atoms with E-state index in [2.05, 4.69) is 16.7 Å². The molecule has 0 saturated carbocycles. The van der Waals surface area contributed by atoms with Crippen LogP contribution in [-0.4, -0.2) is 22.5 Å². The molecule has 0 atom stereocenters. The van der Waals surface area contributed by atoms with Crippen LogP contribution in [-0.2, 0) is 4.74 Å². The molecule has 0 fully saturated rings. The van der Waals surface area contributed by atoms with E-state index in [-0.39, 0.29) is 6.61 Å². The third kappa shape index (κ3) is 3.64. The molecule has 1 aromatic carbocycles. The lowest BCUT2D eigenvalue weighted by Gasteiger charge is -2.03. The van der Waals surface area contributed by atoms with Crippen LogP contribution in [0.25, 0.3) is 5.69 Å². The lowest BCUT2D eigenvalue weighted by Crippen LogP contribution is -2.11. The van der Waals surface area contributed by atoms with Crippen LogP contribution in [0.4, 0.5) is 4.79 Å². The second-order valence-corrected chi connectivity index (χ2v) is 3.64. The molecule has 5 nitrogen and oxygen atoms in total. The van der Waals surface area contributed by atoms with Crippen molar-refractivity contribution in [1.29, 1.82) is 0 Å². The Morgan fingerprint density at radius 1 is 1.37 bits per heavy atom. The summed E-state index contributed by atoms with van der Waals surface area (Å²) in [4.78, 5) is 15.0. The lowest BCUT2D eigenvalue weighted by atomic mass is 10.3. The van der Waals surface area contributed by atoms with Crippen molar-refractivity contribution in [2.24, 2.45) is 4.99 Å². The van der Waals surface area contributed by atoms with E-state index < -0.39 is 6.09 Å². The number of ether oxygens (including phenoxy) is 1. The maximum atomic E-state index is 11.3. The van der Waals surface area contributed by atoms with Crippen molar-refractivity contribution in [3.05, 3.63) is 66.8 Å². The van der Waals surface area contributed by atoms with E-state index in [9.17, 15) is 4.79 Å². The number of aromatic nitrogens is 2. The zero-order valence-corrected chi connectivity index (χ0v) is 10.3. The highest BCUT2D eigenvalue weighted by molar-refractivity contribution is 5.68. The van der Waals surface area contributed by atoms with Crippen LogP contribution in [0.3, 0.4) is 0 Å². The Bertz CT molecular complexity index is 612. The van der Waals surface area contributed by atoms with E-state index in [0.29, 0.717) is 5.36 Å². The van der Waals surface area contributed by atoms with Crippen molar-refractivity contribution < 1.29 is 9.53 Å². The molecule has 1 aromatic heterocycles. The van der Waals surface area contributed by atoms with Crippen LogP contribution in [0.15, 0.2) is 66.4 Å². The van der Waals surface area contributed by atoms with Crippen molar-refractivity contribution in [2.75, 3.05) is 6.61 Å². The Morgan fingerprint density at radius 2 is 2.16 bits per heavy atom. The van der Waals surface area contributed by atoms with Gasteiger partial charge in [-0.2, -0.15) is 10.1 Å². The summed E-state index contributed by atoms with van der Waals surface area (Å²) in [6.07, 6.45) is 4.07. The van der Waals surface area contributed by atoms with Gasteiger partial charge in [0.1, 0.15) is 6.61 Å². The topological polar surface area (TPSA) is 56.5 Å². The molecule has 0 bridgehead atoms. The molecule has 19 heavy (non-hydrogen) atoms.